The van der Waals surface area contributed by atoms with Crippen molar-refractivity contribution in [2.75, 3.05) is 4.90 Å². The average Bonchev–Trinajstić information content (AvgIpc) is 3.14. The zero-order valence-electron chi connectivity index (χ0n) is 19.2. The van der Waals surface area contributed by atoms with Crippen LogP contribution >= 0.6 is 0 Å². The molecule has 0 fully saturated rings. The fourth-order valence-electron chi connectivity index (χ4n) is 3.82. The minimum atomic E-state index is -0.394. The Morgan fingerprint density at radius 3 is 2.26 bits per heavy atom. The third-order valence-corrected chi connectivity index (χ3v) is 5.53. The molecule has 8 heteroatoms. The van der Waals surface area contributed by atoms with Gasteiger partial charge in [-0.15, -0.1) is 0 Å². The Hall–Kier alpha value is -4.72. The van der Waals surface area contributed by atoms with E-state index in [1.54, 1.807) is 48.7 Å². The molecule has 0 unspecified atom stereocenters. The fourth-order valence-corrected chi connectivity index (χ4v) is 3.82. The lowest BCUT2D eigenvalue weighted by Gasteiger charge is -2.13. The molecule has 0 spiro atoms. The number of nitrogens with zero attached hydrogens (tertiary/aromatic N) is 5. The maximum atomic E-state index is 12.8. The SMILES string of the molecule is Cc1cnc(C)c(/C(=N\OCc2cccc(N3C(=O)c4ccccc4C3=O)n2)c2ccccc2)n1. The van der Waals surface area contributed by atoms with Crippen molar-refractivity contribution in [3.05, 3.63) is 118 Å². The number of anilines is 1. The fraction of sp³-hybridized carbons (Fsp3) is 0.111. The van der Waals surface area contributed by atoms with Gasteiger partial charge in [-0.05, 0) is 38.1 Å². The Kier molecular flexibility index (Phi) is 5.85. The molecule has 4 aromatic rings. The molecule has 0 atom stereocenters. The standard InChI is InChI=1S/C27H21N5O3/c1-17-15-28-18(2)24(29-17)25(19-9-4-3-5-10-19)31-35-16-20-11-8-14-23(30-20)32-26(33)21-12-6-7-13-22(21)27(32)34/h3-15H,16H2,1-2H3/b31-25-. The number of benzene rings is 2. The number of hydrogen-bond acceptors (Lipinski definition) is 7. The van der Waals surface area contributed by atoms with E-state index in [9.17, 15) is 9.59 Å². The Morgan fingerprint density at radius 2 is 1.54 bits per heavy atom. The number of pyridine rings is 1. The lowest BCUT2D eigenvalue weighted by Crippen LogP contribution is -2.30. The van der Waals surface area contributed by atoms with Crippen LogP contribution in [0.5, 0.6) is 0 Å². The first-order valence-electron chi connectivity index (χ1n) is 11.0. The Morgan fingerprint density at radius 1 is 0.857 bits per heavy atom. The molecule has 1 aliphatic heterocycles. The normalized spacial score (nSPS) is 13.2. The predicted octanol–water partition coefficient (Wildman–Crippen LogP) is 4.26. The molecule has 5 rings (SSSR count). The summed E-state index contributed by atoms with van der Waals surface area (Å²) in [6, 6.07) is 21.4. The molecule has 0 N–H and O–H groups in total. The van der Waals surface area contributed by atoms with Crippen LogP contribution in [0.4, 0.5) is 5.82 Å². The highest BCUT2D eigenvalue weighted by Gasteiger charge is 2.37. The highest BCUT2D eigenvalue weighted by molar-refractivity contribution is 6.34. The van der Waals surface area contributed by atoms with E-state index in [0.29, 0.717) is 28.2 Å². The molecule has 2 amide bonds. The molecule has 0 radical (unpaired) electrons. The van der Waals surface area contributed by atoms with Crippen LogP contribution in [-0.4, -0.2) is 32.5 Å². The molecule has 0 aliphatic carbocycles. The van der Waals surface area contributed by atoms with Gasteiger partial charge in [0.05, 0.1) is 28.2 Å². The molecule has 2 aromatic heterocycles. The van der Waals surface area contributed by atoms with Gasteiger partial charge in [0.2, 0.25) is 0 Å². The van der Waals surface area contributed by atoms with Crippen LogP contribution in [0.15, 0.2) is 84.1 Å². The van der Waals surface area contributed by atoms with Crippen LogP contribution in [0.3, 0.4) is 0 Å². The number of aryl methyl sites for hydroxylation is 2. The molecule has 3 heterocycles. The van der Waals surface area contributed by atoms with E-state index in [-0.39, 0.29) is 12.4 Å². The molecule has 0 saturated heterocycles. The quantitative estimate of drug-likeness (QED) is 0.241. The van der Waals surface area contributed by atoms with Gasteiger partial charge in [-0.25, -0.2) is 14.9 Å². The van der Waals surface area contributed by atoms with Crippen LogP contribution in [-0.2, 0) is 11.4 Å². The van der Waals surface area contributed by atoms with Gasteiger partial charge in [-0.2, -0.15) is 0 Å². The summed E-state index contributed by atoms with van der Waals surface area (Å²) in [5, 5.41) is 4.38. The summed E-state index contributed by atoms with van der Waals surface area (Å²) < 4.78 is 0. The second kappa shape index (κ2) is 9.26. The van der Waals surface area contributed by atoms with E-state index in [4.69, 9.17) is 4.84 Å². The molecule has 2 aromatic carbocycles. The Bertz CT molecular complexity index is 1430. The number of hydrogen-bond donors (Lipinski definition) is 0. The van der Waals surface area contributed by atoms with Gasteiger partial charge >= 0.3 is 0 Å². The summed E-state index contributed by atoms with van der Waals surface area (Å²) in [5.74, 6) is -0.548. The first-order chi connectivity index (χ1) is 17.0. The molecule has 8 nitrogen and oxygen atoms in total. The van der Waals surface area contributed by atoms with Gasteiger partial charge in [0, 0.05) is 11.8 Å². The zero-order valence-corrected chi connectivity index (χ0v) is 19.2. The highest BCUT2D eigenvalue weighted by Crippen LogP contribution is 2.27. The lowest BCUT2D eigenvalue weighted by molar-refractivity contribution is 0.0924. The summed E-state index contributed by atoms with van der Waals surface area (Å²) in [5.41, 5.74) is 4.77. The van der Waals surface area contributed by atoms with Crippen LogP contribution < -0.4 is 4.90 Å². The minimum Gasteiger partial charge on any atom is -0.389 e. The van der Waals surface area contributed by atoms with E-state index >= 15 is 0 Å². The van der Waals surface area contributed by atoms with Crippen molar-refractivity contribution in [1.82, 2.24) is 15.0 Å². The number of imide groups is 1. The second-order valence-corrected chi connectivity index (χ2v) is 8.00. The van der Waals surface area contributed by atoms with Gasteiger partial charge in [-0.1, -0.05) is 53.7 Å². The molecule has 0 bridgehead atoms. The van der Waals surface area contributed by atoms with Gasteiger partial charge < -0.3 is 4.84 Å². The van der Waals surface area contributed by atoms with Crippen molar-refractivity contribution in [1.29, 1.82) is 0 Å². The maximum Gasteiger partial charge on any atom is 0.267 e. The Labute approximate surface area is 201 Å². The number of carbonyl (C=O) groups excluding carboxylic acids is 2. The number of amides is 2. The summed E-state index contributed by atoms with van der Waals surface area (Å²) >= 11 is 0. The second-order valence-electron chi connectivity index (χ2n) is 8.00. The monoisotopic (exact) mass is 463 g/mol. The molecular formula is C27H21N5O3. The number of carbonyl (C=O) groups is 2. The number of oxime groups is 1. The molecule has 1 aliphatic rings. The van der Waals surface area contributed by atoms with Crippen LogP contribution in [0.2, 0.25) is 0 Å². The van der Waals surface area contributed by atoms with E-state index < -0.39 is 11.8 Å². The van der Waals surface area contributed by atoms with Crippen molar-refractivity contribution in [3.8, 4) is 0 Å². The van der Waals surface area contributed by atoms with Crippen molar-refractivity contribution in [2.24, 2.45) is 5.16 Å². The van der Waals surface area contributed by atoms with E-state index in [1.165, 1.54) is 0 Å². The number of rotatable bonds is 6. The van der Waals surface area contributed by atoms with Crippen molar-refractivity contribution < 1.29 is 14.4 Å². The van der Waals surface area contributed by atoms with Gasteiger partial charge in [0.1, 0.15) is 17.2 Å². The summed E-state index contributed by atoms with van der Waals surface area (Å²) in [4.78, 5) is 45.8. The lowest BCUT2D eigenvalue weighted by atomic mass is 10.1. The Balaban J connectivity index is 1.41. The smallest absolute Gasteiger partial charge is 0.267 e. The summed E-state index contributed by atoms with van der Waals surface area (Å²) in [6.45, 7) is 3.77. The maximum absolute atomic E-state index is 12.8. The number of fused-ring (bicyclic) bond motifs is 1. The minimum absolute atomic E-state index is 0.0334. The molecular weight excluding hydrogens is 442 g/mol. The van der Waals surface area contributed by atoms with Crippen molar-refractivity contribution in [3.63, 3.8) is 0 Å². The summed E-state index contributed by atoms with van der Waals surface area (Å²) in [7, 11) is 0. The average molecular weight is 463 g/mol. The third kappa shape index (κ3) is 4.29. The highest BCUT2D eigenvalue weighted by atomic mass is 16.6. The molecule has 172 valence electrons. The topological polar surface area (TPSA) is 97.6 Å². The van der Waals surface area contributed by atoms with Crippen LogP contribution in [0, 0.1) is 13.8 Å². The van der Waals surface area contributed by atoms with Crippen molar-refractivity contribution >= 4 is 23.3 Å². The zero-order chi connectivity index (χ0) is 24.4. The molecule has 0 saturated carbocycles. The van der Waals surface area contributed by atoms with Crippen LogP contribution in [0.1, 0.15) is 49.1 Å². The van der Waals surface area contributed by atoms with Gasteiger partial charge in [0.25, 0.3) is 11.8 Å². The molecule has 35 heavy (non-hydrogen) atoms. The first kappa shape index (κ1) is 22.1. The van der Waals surface area contributed by atoms with Crippen molar-refractivity contribution in [2.45, 2.75) is 20.5 Å². The summed E-state index contributed by atoms with van der Waals surface area (Å²) in [6.07, 6.45) is 1.71. The number of aromatic nitrogens is 3. The van der Waals surface area contributed by atoms with Gasteiger partial charge in [-0.3, -0.25) is 14.6 Å². The largest absolute Gasteiger partial charge is 0.389 e. The third-order valence-electron chi connectivity index (χ3n) is 5.53. The first-order valence-corrected chi connectivity index (χ1v) is 11.0. The van der Waals surface area contributed by atoms with E-state index in [1.807, 2.05) is 44.2 Å². The predicted molar refractivity (Wildman–Crippen MR) is 130 cm³/mol. The van der Waals surface area contributed by atoms with Gasteiger partial charge in [0.15, 0.2) is 6.61 Å². The van der Waals surface area contributed by atoms with E-state index in [2.05, 4.69) is 20.1 Å². The van der Waals surface area contributed by atoms with Crippen LogP contribution in [0.25, 0.3) is 0 Å². The van der Waals surface area contributed by atoms with E-state index in [0.717, 1.165) is 21.9 Å².